The third-order valence-electron chi connectivity index (χ3n) is 1.84. The highest BCUT2D eigenvalue weighted by Crippen LogP contribution is 2.16. The van der Waals surface area contributed by atoms with Gasteiger partial charge in [-0.25, -0.2) is 0 Å². The molecule has 1 aliphatic heterocycles. The molecule has 1 nitrogen and oxygen atoms in total. The molecule has 0 aromatic carbocycles. The molecule has 1 heteroatoms. The molecular formula is C8H14N-. The fourth-order valence-corrected chi connectivity index (χ4v) is 1.12. The van der Waals surface area contributed by atoms with E-state index < -0.39 is 0 Å². The maximum atomic E-state index is 3.92. The lowest BCUT2D eigenvalue weighted by Gasteiger charge is -2.27. The molecule has 0 unspecified atom stereocenters. The van der Waals surface area contributed by atoms with E-state index in [2.05, 4.69) is 13.6 Å². The lowest BCUT2D eigenvalue weighted by molar-refractivity contribution is 0.459. The van der Waals surface area contributed by atoms with Gasteiger partial charge >= 0.3 is 0 Å². The van der Waals surface area contributed by atoms with Crippen LogP contribution < -0.4 is 0 Å². The van der Waals surface area contributed by atoms with Crippen LogP contribution in [0.2, 0.25) is 0 Å². The lowest BCUT2D eigenvalue weighted by atomic mass is 10.2. The average Bonchev–Trinajstić information content (AvgIpc) is 1.99. The molecule has 1 rings (SSSR count). The Bertz CT molecular complexity index is 107. The number of allylic oxidation sites excluding steroid dienone is 1. The molecule has 0 amide bonds. The predicted molar refractivity (Wildman–Crippen MR) is 39.7 cm³/mol. The molecule has 0 aromatic heterocycles. The molecule has 1 fully saturated rings. The van der Waals surface area contributed by atoms with Crippen molar-refractivity contribution in [3.63, 3.8) is 0 Å². The first-order valence-electron chi connectivity index (χ1n) is 3.56. The van der Waals surface area contributed by atoms with Crippen LogP contribution in [0.4, 0.5) is 0 Å². The van der Waals surface area contributed by atoms with Crippen molar-refractivity contribution in [1.29, 1.82) is 0 Å². The van der Waals surface area contributed by atoms with Crippen LogP contribution in [-0.4, -0.2) is 11.4 Å². The summed E-state index contributed by atoms with van der Waals surface area (Å²) < 4.78 is 0. The topological polar surface area (TPSA) is 3.24 Å². The van der Waals surface area contributed by atoms with Gasteiger partial charge in [0.1, 0.15) is 0 Å². The highest BCUT2D eigenvalue weighted by molar-refractivity contribution is 4.95. The Morgan fingerprint density at radius 1 is 1.33 bits per heavy atom. The number of hydrogen-bond acceptors (Lipinski definition) is 1. The van der Waals surface area contributed by atoms with Crippen molar-refractivity contribution < 1.29 is 0 Å². The molecule has 0 atom stereocenters. The first kappa shape index (κ1) is 6.66. The van der Waals surface area contributed by atoms with Crippen LogP contribution in [0.15, 0.2) is 12.3 Å². The summed E-state index contributed by atoms with van der Waals surface area (Å²) in [6.45, 7) is 5.01. The molecule has 1 heterocycles. The van der Waals surface area contributed by atoms with Gasteiger partial charge in [-0.3, -0.25) is 7.05 Å². The molecule has 0 bridgehead atoms. The van der Waals surface area contributed by atoms with E-state index in [4.69, 9.17) is 0 Å². The molecule has 1 aliphatic rings. The van der Waals surface area contributed by atoms with Crippen LogP contribution in [0.1, 0.15) is 25.7 Å². The first-order valence-corrected chi connectivity index (χ1v) is 3.56. The summed E-state index contributed by atoms with van der Waals surface area (Å²) in [5, 5.41) is 0. The molecule has 0 N–H and O–H groups in total. The van der Waals surface area contributed by atoms with Gasteiger partial charge in [-0.1, -0.05) is 13.0 Å². The Hall–Kier alpha value is -0.460. The van der Waals surface area contributed by atoms with E-state index in [0.717, 1.165) is 13.0 Å². The van der Waals surface area contributed by atoms with E-state index in [0.29, 0.717) is 0 Å². The van der Waals surface area contributed by atoms with Crippen LogP contribution in [0.3, 0.4) is 0 Å². The molecule has 1 saturated heterocycles. The van der Waals surface area contributed by atoms with Gasteiger partial charge in [0.05, 0.1) is 0 Å². The van der Waals surface area contributed by atoms with Crippen LogP contribution in [0, 0.1) is 7.05 Å². The number of likely N-dealkylation sites (tertiary alicyclic amines) is 1. The zero-order chi connectivity index (χ0) is 6.69. The molecule has 52 valence electrons. The Balaban J connectivity index is 2.41. The molecule has 0 saturated carbocycles. The highest BCUT2D eigenvalue weighted by Gasteiger charge is 2.01. The van der Waals surface area contributed by atoms with Crippen molar-refractivity contribution in [2.45, 2.75) is 25.7 Å². The highest BCUT2D eigenvalue weighted by atomic mass is 15.1. The fourth-order valence-electron chi connectivity index (χ4n) is 1.12. The summed E-state index contributed by atoms with van der Waals surface area (Å²) in [4.78, 5) is 2.02. The van der Waals surface area contributed by atoms with Crippen molar-refractivity contribution in [2.75, 3.05) is 6.54 Å². The summed E-state index contributed by atoms with van der Waals surface area (Å²) in [6, 6.07) is 0. The van der Waals surface area contributed by atoms with E-state index >= 15 is 0 Å². The van der Waals surface area contributed by atoms with E-state index in [9.17, 15) is 0 Å². The summed E-state index contributed by atoms with van der Waals surface area (Å²) >= 11 is 0. The summed E-state index contributed by atoms with van der Waals surface area (Å²) in [5.74, 6) is 0. The fraction of sp³-hybridized carbons (Fsp3) is 0.625. The quantitative estimate of drug-likeness (QED) is 0.447. The van der Waals surface area contributed by atoms with Crippen LogP contribution >= 0.6 is 0 Å². The maximum Gasteiger partial charge on any atom is -0.0121 e. The largest absolute Gasteiger partial charge is 0.529 e. The third-order valence-corrected chi connectivity index (χ3v) is 1.84. The van der Waals surface area contributed by atoms with Gasteiger partial charge < -0.3 is 4.90 Å². The van der Waals surface area contributed by atoms with E-state index in [1.54, 1.807) is 0 Å². The predicted octanol–water partition coefficient (Wildman–Crippen LogP) is 2.17. The molecule has 0 aliphatic carbocycles. The van der Waals surface area contributed by atoms with Gasteiger partial charge in [0.15, 0.2) is 0 Å². The standard InChI is InChI=1S/C8H14N/c1-8-6-4-3-5-7-9(8)2/h1-7H2/q-1. The zero-order valence-corrected chi connectivity index (χ0v) is 5.90. The molecule has 0 radical (unpaired) electrons. The Morgan fingerprint density at radius 3 is 2.89 bits per heavy atom. The lowest BCUT2D eigenvalue weighted by Crippen LogP contribution is -2.12. The normalized spacial score (nSPS) is 21.9. The molecule has 9 heavy (non-hydrogen) atoms. The summed E-state index contributed by atoms with van der Waals surface area (Å²) in [5.41, 5.74) is 1.20. The van der Waals surface area contributed by atoms with Gasteiger partial charge in [-0.15, -0.1) is 0 Å². The monoisotopic (exact) mass is 124 g/mol. The van der Waals surface area contributed by atoms with Crippen molar-refractivity contribution in [3.8, 4) is 0 Å². The number of nitrogens with zero attached hydrogens (tertiary/aromatic N) is 1. The van der Waals surface area contributed by atoms with Gasteiger partial charge in [0.25, 0.3) is 0 Å². The molecular weight excluding hydrogens is 110 g/mol. The van der Waals surface area contributed by atoms with Crippen molar-refractivity contribution in [2.24, 2.45) is 0 Å². The van der Waals surface area contributed by atoms with Gasteiger partial charge in [0.2, 0.25) is 0 Å². The number of rotatable bonds is 0. The maximum absolute atomic E-state index is 3.92. The number of hydrogen-bond donors (Lipinski definition) is 0. The average molecular weight is 124 g/mol. The van der Waals surface area contributed by atoms with Crippen LogP contribution in [0.5, 0.6) is 0 Å². The third kappa shape index (κ3) is 1.74. The minimum absolute atomic E-state index is 1.10. The molecule has 0 aromatic rings. The minimum Gasteiger partial charge on any atom is -0.529 e. The van der Waals surface area contributed by atoms with E-state index in [1.807, 2.05) is 4.90 Å². The summed E-state index contributed by atoms with van der Waals surface area (Å²) in [7, 11) is 3.87. The Morgan fingerprint density at radius 2 is 2.11 bits per heavy atom. The van der Waals surface area contributed by atoms with Gasteiger partial charge in [0, 0.05) is 0 Å². The van der Waals surface area contributed by atoms with Gasteiger partial charge in [-0.2, -0.15) is 0 Å². The SMILES string of the molecule is C=C1CCCCCN1[CH2-]. The Kier molecular flexibility index (Phi) is 2.15. The Labute approximate surface area is 57.4 Å². The van der Waals surface area contributed by atoms with Crippen molar-refractivity contribution >= 4 is 0 Å². The minimum atomic E-state index is 1.10. The second-order valence-corrected chi connectivity index (χ2v) is 2.64. The second kappa shape index (κ2) is 2.90. The van der Waals surface area contributed by atoms with Crippen LogP contribution in [-0.2, 0) is 0 Å². The smallest absolute Gasteiger partial charge is 0.0121 e. The second-order valence-electron chi connectivity index (χ2n) is 2.64. The van der Waals surface area contributed by atoms with Crippen molar-refractivity contribution in [3.05, 3.63) is 19.3 Å². The first-order chi connectivity index (χ1) is 4.30. The van der Waals surface area contributed by atoms with E-state index in [1.165, 1.54) is 25.0 Å². The molecule has 0 spiro atoms. The van der Waals surface area contributed by atoms with Crippen LogP contribution in [0.25, 0.3) is 0 Å². The van der Waals surface area contributed by atoms with Crippen molar-refractivity contribution in [1.82, 2.24) is 4.90 Å². The summed E-state index contributed by atoms with van der Waals surface area (Å²) in [6.07, 6.45) is 5.06. The zero-order valence-electron chi connectivity index (χ0n) is 5.90. The van der Waals surface area contributed by atoms with E-state index in [-0.39, 0.29) is 0 Å². The van der Waals surface area contributed by atoms with Gasteiger partial charge in [-0.05, 0) is 31.5 Å².